The van der Waals surface area contributed by atoms with E-state index < -0.39 is 0 Å². The predicted octanol–water partition coefficient (Wildman–Crippen LogP) is 3.99. The molecule has 1 aromatic heterocycles. The molecule has 5 heteroatoms. The van der Waals surface area contributed by atoms with E-state index in [0.29, 0.717) is 16.5 Å². The Morgan fingerprint density at radius 3 is 2.71 bits per heavy atom. The molecule has 2 heterocycles. The maximum Gasteiger partial charge on any atom is 0.307 e. The van der Waals surface area contributed by atoms with Gasteiger partial charge in [-0.1, -0.05) is 53.8 Å². The van der Waals surface area contributed by atoms with Gasteiger partial charge in [-0.3, -0.25) is 9.78 Å². The van der Waals surface area contributed by atoms with Crippen molar-refractivity contribution in [3.8, 4) is 5.88 Å². The van der Waals surface area contributed by atoms with Crippen molar-refractivity contribution in [2.45, 2.75) is 29.4 Å². The van der Waals surface area contributed by atoms with E-state index in [-0.39, 0.29) is 10.8 Å². The van der Waals surface area contributed by atoms with Gasteiger partial charge in [-0.15, -0.1) is 11.8 Å². The first-order valence-electron chi connectivity index (χ1n) is 7.91. The van der Waals surface area contributed by atoms with Gasteiger partial charge in [-0.05, 0) is 35.6 Å². The van der Waals surface area contributed by atoms with E-state index in [1.807, 2.05) is 11.8 Å². The molecule has 1 unspecified atom stereocenters. The Hall–Kier alpha value is -1.98. The Morgan fingerprint density at radius 1 is 1.12 bits per heavy atom. The summed E-state index contributed by atoms with van der Waals surface area (Å²) in [5, 5.41) is 10.3. The van der Waals surface area contributed by atoms with E-state index in [9.17, 15) is 9.90 Å². The molecule has 4 rings (SSSR count). The minimum absolute atomic E-state index is 0.00169. The molecule has 24 heavy (non-hydrogen) atoms. The van der Waals surface area contributed by atoms with E-state index in [4.69, 9.17) is 0 Å². The fraction of sp³-hybridized carbons (Fsp3) is 0.211. The number of nitrogens with one attached hydrogen (secondary N) is 1. The van der Waals surface area contributed by atoms with Gasteiger partial charge in [0.25, 0.3) is 0 Å². The Morgan fingerprint density at radius 2 is 1.96 bits per heavy atom. The van der Waals surface area contributed by atoms with Gasteiger partial charge in [0, 0.05) is 16.6 Å². The minimum Gasteiger partial charge on any atom is -0.494 e. The number of aromatic amines is 1. The highest BCUT2D eigenvalue weighted by Gasteiger charge is 2.23. The molecule has 0 bridgehead atoms. The Kier molecular flexibility index (Phi) is 4.21. The van der Waals surface area contributed by atoms with Gasteiger partial charge in [0.1, 0.15) is 0 Å². The summed E-state index contributed by atoms with van der Waals surface area (Å²) in [4.78, 5) is 15.6. The number of fused-ring (bicyclic) bond motifs is 1. The molecule has 1 aliphatic heterocycles. The molecule has 0 spiro atoms. The average molecular weight is 355 g/mol. The molecule has 0 radical (unpaired) electrons. The zero-order valence-corrected chi connectivity index (χ0v) is 14.6. The summed E-state index contributed by atoms with van der Waals surface area (Å²) in [5.74, 6) is 0.00169. The number of H-pyrrole nitrogens is 1. The van der Waals surface area contributed by atoms with Crippen LogP contribution in [0.2, 0.25) is 0 Å². The normalized spacial score (nSPS) is 16.2. The molecule has 1 aliphatic rings. The van der Waals surface area contributed by atoms with Crippen LogP contribution in [0.25, 0.3) is 0 Å². The van der Waals surface area contributed by atoms with Crippen LogP contribution in [-0.4, -0.2) is 15.3 Å². The van der Waals surface area contributed by atoms with Crippen LogP contribution in [0.5, 0.6) is 5.88 Å². The molecule has 0 saturated carbocycles. The smallest absolute Gasteiger partial charge is 0.307 e. The Labute approximate surface area is 148 Å². The first kappa shape index (κ1) is 15.5. The molecular formula is C19H17NO2S2. The van der Waals surface area contributed by atoms with Crippen molar-refractivity contribution in [3.63, 3.8) is 0 Å². The van der Waals surface area contributed by atoms with E-state index in [2.05, 4.69) is 53.5 Å². The summed E-state index contributed by atoms with van der Waals surface area (Å²) in [6, 6.07) is 17.1. The average Bonchev–Trinajstić information content (AvgIpc) is 3.10. The van der Waals surface area contributed by atoms with Crippen molar-refractivity contribution >= 4 is 23.1 Å². The van der Waals surface area contributed by atoms with Gasteiger partial charge in [0.15, 0.2) is 0 Å². The lowest BCUT2D eigenvalue weighted by molar-refractivity contribution is 0.451. The van der Waals surface area contributed by atoms with E-state index in [1.54, 1.807) is 0 Å². The fourth-order valence-corrected chi connectivity index (χ4v) is 5.23. The highest BCUT2D eigenvalue weighted by Crippen LogP contribution is 2.39. The van der Waals surface area contributed by atoms with Crippen LogP contribution in [0.4, 0.5) is 0 Å². The minimum atomic E-state index is -0.206. The highest BCUT2D eigenvalue weighted by atomic mass is 32.2. The van der Waals surface area contributed by atoms with Crippen molar-refractivity contribution in [1.82, 2.24) is 4.98 Å². The second kappa shape index (κ2) is 6.49. The zero-order chi connectivity index (χ0) is 16.5. The van der Waals surface area contributed by atoms with Crippen molar-refractivity contribution in [2.24, 2.45) is 0 Å². The lowest BCUT2D eigenvalue weighted by atomic mass is 10.0. The van der Waals surface area contributed by atoms with Crippen LogP contribution in [0, 0.1) is 0 Å². The van der Waals surface area contributed by atoms with E-state index in [0.717, 1.165) is 29.7 Å². The fourth-order valence-electron chi connectivity index (χ4n) is 3.13. The van der Waals surface area contributed by atoms with Crippen LogP contribution in [0.3, 0.4) is 0 Å². The van der Waals surface area contributed by atoms with Crippen molar-refractivity contribution in [2.75, 3.05) is 0 Å². The molecule has 1 atom stereocenters. The summed E-state index contributed by atoms with van der Waals surface area (Å²) < 4.78 is 0. The maximum absolute atomic E-state index is 11.3. The Bertz CT molecular complexity index is 915. The van der Waals surface area contributed by atoms with Crippen LogP contribution in [0.1, 0.15) is 21.6 Å². The third kappa shape index (κ3) is 3.28. The first-order valence-corrected chi connectivity index (χ1v) is 9.60. The predicted molar refractivity (Wildman–Crippen MR) is 99.3 cm³/mol. The van der Waals surface area contributed by atoms with Crippen LogP contribution >= 0.6 is 23.1 Å². The van der Waals surface area contributed by atoms with Gasteiger partial charge in [-0.2, -0.15) is 0 Å². The number of hydrogen-bond donors (Lipinski definition) is 2. The van der Waals surface area contributed by atoms with Crippen LogP contribution in [0.15, 0.2) is 58.2 Å². The second-order valence-electron chi connectivity index (χ2n) is 6.04. The summed E-state index contributed by atoms with van der Waals surface area (Å²) >= 11 is 3.03. The lowest BCUT2D eigenvalue weighted by Crippen LogP contribution is -2.05. The van der Waals surface area contributed by atoms with Gasteiger partial charge in [0.2, 0.25) is 5.88 Å². The molecule has 0 amide bonds. The van der Waals surface area contributed by atoms with Gasteiger partial charge in [-0.25, -0.2) is 0 Å². The van der Waals surface area contributed by atoms with Crippen molar-refractivity contribution < 1.29 is 5.11 Å². The van der Waals surface area contributed by atoms with E-state index in [1.165, 1.54) is 16.0 Å². The number of aromatic nitrogens is 1. The molecule has 2 N–H and O–H groups in total. The monoisotopic (exact) mass is 355 g/mol. The standard InChI is InChI=1S/C19H17NO2S2/c21-18-17(24-19(22)20-18)10-13-6-7-16-14(8-13)11-15(23-16)9-12-4-2-1-3-5-12/h1-8,15,21H,9-11H2,(H,20,22). The van der Waals surface area contributed by atoms with Gasteiger partial charge in [0.05, 0.1) is 4.88 Å². The topological polar surface area (TPSA) is 53.1 Å². The van der Waals surface area contributed by atoms with Crippen LogP contribution in [-0.2, 0) is 19.3 Å². The first-order chi connectivity index (χ1) is 11.7. The quantitative estimate of drug-likeness (QED) is 0.744. The Balaban J connectivity index is 1.49. The van der Waals surface area contributed by atoms with Crippen molar-refractivity contribution in [1.29, 1.82) is 0 Å². The summed E-state index contributed by atoms with van der Waals surface area (Å²) in [7, 11) is 0. The van der Waals surface area contributed by atoms with Gasteiger partial charge < -0.3 is 5.11 Å². The SMILES string of the molecule is O=c1[nH]c(O)c(Cc2ccc3c(c2)CC(Cc2ccccc2)S3)s1. The number of thiazole rings is 1. The third-order valence-electron chi connectivity index (χ3n) is 4.24. The zero-order valence-electron chi connectivity index (χ0n) is 13.0. The molecule has 0 aliphatic carbocycles. The van der Waals surface area contributed by atoms with Gasteiger partial charge >= 0.3 is 4.87 Å². The number of hydrogen-bond acceptors (Lipinski definition) is 4. The number of rotatable bonds is 4. The van der Waals surface area contributed by atoms with Crippen LogP contribution < -0.4 is 4.87 Å². The highest BCUT2D eigenvalue weighted by molar-refractivity contribution is 8.00. The van der Waals surface area contributed by atoms with E-state index >= 15 is 0 Å². The lowest BCUT2D eigenvalue weighted by Gasteiger charge is -2.07. The number of aromatic hydroxyl groups is 1. The molecule has 0 fully saturated rings. The largest absolute Gasteiger partial charge is 0.494 e. The molecule has 3 aromatic rings. The maximum atomic E-state index is 11.3. The molecule has 122 valence electrons. The molecular weight excluding hydrogens is 338 g/mol. The second-order valence-corrected chi connectivity index (χ2v) is 8.45. The summed E-state index contributed by atoms with van der Waals surface area (Å²) in [6.45, 7) is 0. The molecule has 3 nitrogen and oxygen atoms in total. The summed E-state index contributed by atoms with van der Waals surface area (Å²) in [6.07, 6.45) is 2.74. The number of thioether (sulfide) groups is 1. The van der Waals surface area contributed by atoms with Crippen molar-refractivity contribution in [3.05, 3.63) is 79.8 Å². The molecule has 0 saturated heterocycles. The summed E-state index contributed by atoms with van der Waals surface area (Å²) in [5.41, 5.74) is 3.89. The number of benzene rings is 2. The molecule has 2 aromatic carbocycles. The third-order valence-corrected chi connectivity index (χ3v) is 6.43.